The number of nitrogens with one attached hydrogen (secondary N) is 2. The van der Waals surface area contributed by atoms with Gasteiger partial charge >= 0.3 is 6.18 Å². The number of hydrogen-bond donors (Lipinski definition) is 2. The lowest BCUT2D eigenvalue weighted by molar-refractivity contribution is -0.139. The van der Waals surface area contributed by atoms with Crippen LogP contribution in [0.15, 0.2) is 24.7 Å². The van der Waals surface area contributed by atoms with Crippen LogP contribution in [0.5, 0.6) is 0 Å². The highest BCUT2D eigenvalue weighted by Gasteiger charge is 2.40. The SMILES string of the molecule is O=C(NCC(F)(F)F)[C@@H]1C[C@H](F)CN1c1nc(-c2c[nH]c3ncc(Cl)cc23)ncc1F. The first kappa shape index (κ1) is 21.2. The van der Waals surface area contributed by atoms with E-state index in [1.807, 2.05) is 0 Å². The van der Waals surface area contributed by atoms with Gasteiger partial charge in [0.25, 0.3) is 0 Å². The molecular weight excluding hydrogens is 447 g/mol. The number of amides is 1. The molecule has 7 nitrogen and oxygen atoms in total. The molecule has 0 saturated carbocycles. The molecule has 3 aromatic rings. The summed E-state index contributed by atoms with van der Waals surface area (Å²) in [7, 11) is 0. The zero-order valence-electron chi connectivity index (χ0n) is 15.6. The minimum atomic E-state index is -4.63. The highest BCUT2D eigenvalue weighted by Crippen LogP contribution is 2.32. The third-order valence-electron chi connectivity index (χ3n) is 4.75. The fourth-order valence-electron chi connectivity index (χ4n) is 3.42. The molecule has 31 heavy (non-hydrogen) atoms. The van der Waals surface area contributed by atoms with E-state index in [2.05, 4.69) is 19.9 Å². The van der Waals surface area contributed by atoms with Gasteiger partial charge in [0.1, 0.15) is 24.4 Å². The zero-order chi connectivity index (χ0) is 22.3. The van der Waals surface area contributed by atoms with E-state index >= 15 is 0 Å². The Hall–Kier alpha value is -3.02. The molecule has 4 heterocycles. The van der Waals surface area contributed by atoms with E-state index in [1.165, 1.54) is 12.4 Å². The number of carbonyl (C=O) groups excluding carboxylic acids is 1. The van der Waals surface area contributed by atoms with Crippen molar-refractivity contribution < 1.29 is 26.7 Å². The largest absolute Gasteiger partial charge is 0.405 e. The fraction of sp³-hybridized carbons (Fsp3) is 0.333. The molecule has 1 amide bonds. The maximum atomic E-state index is 14.5. The molecule has 13 heteroatoms. The minimum Gasteiger partial charge on any atom is -0.345 e. The number of nitrogens with zero attached hydrogens (tertiary/aromatic N) is 4. The lowest BCUT2D eigenvalue weighted by Gasteiger charge is -2.25. The predicted octanol–water partition coefficient (Wildman–Crippen LogP) is 3.41. The maximum absolute atomic E-state index is 14.5. The van der Waals surface area contributed by atoms with Crippen molar-refractivity contribution in [1.29, 1.82) is 0 Å². The molecule has 1 fully saturated rings. The van der Waals surface area contributed by atoms with Crippen LogP contribution in [0.25, 0.3) is 22.4 Å². The van der Waals surface area contributed by atoms with Crippen molar-refractivity contribution in [3.63, 3.8) is 0 Å². The van der Waals surface area contributed by atoms with Gasteiger partial charge in [-0.05, 0) is 6.07 Å². The Kier molecular flexibility index (Phi) is 5.42. The average molecular weight is 461 g/mol. The van der Waals surface area contributed by atoms with Gasteiger partial charge in [0.05, 0.1) is 17.8 Å². The number of H-pyrrole nitrogens is 1. The summed E-state index contributed by atoms with van der Waals surface area (Å²) in [4.78, 5) is 28.3. The number of anilines is 1. The van der Waals surface area contributed by atoms with Gasteiger partial charge in [0.2, 0.25) is 5.91 Å². The van der Waals surface area contributed by atoms with Crippen LogP contribution in [0, 0.1) is 5.82 Å². The third-order valence-corrected chi connectivity index (χ3v) is 4.96. The average Bonchev–Trinajstić information content (AvgIpc) is 3.29. The lowest BCUT2D eigenvalue weighted by atomic mass is 10.2. The van der Waals surface area contributed by atoms with E-state index in [1.54, 1.807) is 11.4 Å². The van der Waals surface area contributed by atoms with Crippen molar-refractivity contribution in [1.82, 2.24) is 25.3 Å². The van der Waals surface area contributed by atoms with Gasteiger partial charge in [-0.3, -0.25) is 4.79 Å². The van der Waals surface area contributed by atoms with Gasteiger partial charge in [-0.15, -0.1) is 0 Å². The summed E-state index contributed by atoms with van der Waals surface area (Å²) < 4.78 is 65.9. The third kappa shape index (κ3) is 4.38. The lowest BCUT2D eigenvalue weighted by Crippen LogP contribution is -2.46. The van der Waals surface area contributed by atoms with Crippen molar-refractivity contribution in [3.05, 3.63) is 35.5 Å². The fourth-order valence-corrected chi connectivity index (χ4v) is 3.58. The Morgan fingerprint density at radius 1 is 1.32 bits per heavy atom. The molecule has 0 aromatic carbocycles. The van der Waals surface area contributed by atoms with Crippen LogP contribution in [0.1, 0.15) is 6.42 Å². The summed E-state index contributed by atoms with van der Waals surface area (Å²) in [6.07, 6.45) is -2.76. The number of halogens is 6. The summed E-state index contributed by atoms with van der Waals surface area (Å²) in [6, 6.07) is 0.247. The molecule has 1 saturated heterocycles. The van der Waals surface area contributed by atoms with Crippen molar-refractivity contribution in [2.75, 3.05) is 18.0 Å². The molecule has 0 unspecified atom stereocenters. The molecule has 2 atom stereocenters. The van der Waals surface area contributed by atoms with Gasteiger partial charge < -0.3 is 15.2 Å². The van der Waals surface area contributed by atoms with E-state index in [-0.39, 0.29) is 11.6 Å². The maximum Gasteiger partial charge on any atom is 0.405 e. The van der Waals surface area contributed by atoms with Crippen LogP contribution >= 0.6 is 11.6 Å². The summed E-state index contributed by atoms with van der Waals surface area (Å²) >= 11 is 5.98. The number of hydrogen-bond acceptors (Lipinski definition) is 5. The molecule has 0 radical (unpaired) electrons. The van der Waals surface area contributed by atoms with E-state index in [9.17, 15) is 26.7 Å². The summed E-state index contributed by atoms with van der Waals surface area (Å²) in [6.45, 7) is -1.98. The number of aromatic nitrogens is 4. The summed E-state index contributed by atoms with van der Waals surface area (Å²) in [5, 5.41) is 2.61. The smallest absolute Gasteiger partial charge is 0.345 e. The number of fused-ring (bicyclic) bond motifs is 1. The molecule has 4 rings (SSSR count). The molecular formula is C18H14ClF5N6O. The Bertz CT molecular complexity index is 1140. The summed E-state index contributed by atoms with van der Waals surface area (Å²) in [5.41, 5.74) is 0.906. The minimum absolute atomic E-state index is 0.0449. The van der Waals surface area contributed by atoms with Crippen molar-refractivity contribution in [3.8, 4) is 11.4 Å². The molecule has 1 aliphatic rings. The van der Waals surface area contributed by atoms with Crippen LogP contribution in [-0.4, -0.2) is 57.3 Å². The molecule has 0 aliphatic carbocycles. The zero-order valence-corrected chi connectivity index (χ0v) is 16.3. The van der Waals surface area contributed by atoms with Crippen LogP contribution in [0.4, 0.5) is 27.8 Å². The molecule has 1 aliphatic heterocycles. The summed E-state index contributed by atoms with van der Waals surface area (Å²) in [5.74, 6) is -2.35. The Labute approximate surface area is 176 Å². The second-order valence-corrected chi connectivity index (χ2v) is 7.39. The monoisotopic (exact) mass is 460 g/mol. The molecule has 0 spiro atoms. The highest BCUT2D eigenvalue weighted by molar-refractivity contribution is 6.31. The Morgan fingerprint density at radius 3 is 2.84 bits per heavy atom. The van der Waals surface area contributed by atoms with E-state index in [4.69, 9.17) is 11.6 Å². The van der Waals surface area contributed by atoms with Gasteiger partial charge in [-0.1, -0.05) is 11.6 Å². The highest BCUT2D eigenvalue weighted by atomic mass is 35.5. The Morgan fingerprint density at radius 2 is 2.10 bits per heavy atom. The number of pyridine rings is 1. The second kappa shape index (κ2) is 7.91. The van der Waals surface area contributed by atoms with Crippen LogP contribution in [-0.2, 0) is 4.79 Å². The van der Waals surface area contributed by atoms with Gasteiger partial charge in [-0.25, -0.2) is 23.7 Å². The first-order valence-corrected chi connectivity index (χ1v) is 9.41. The number of carbonyl (C=O) groups is 1. The van der Waals surface area contributed by atoms with E-state index in [0.29, 0.717) is 21.6 Å². The second-order valence-electron chi connectivity index (χ2n) is 6.95. The van der Waals surface area contributed by atoms with Gasteiger partial charge in [0, 0.05) is 29.8 Å². The van der Waals surface area contributed by atoms with Crippen LogP contribution < -0.4 is 10.2 Å². The topological polar surface area (TPSA) is 86.8 Å². The van der Waals surface area contributed by atoms with Crippen molar-refractivity contribution in [2.45, 2.75) is 24.8 Å². The van der Waals surface area contributed by atoms with Crippen LogP contribution in [0.3, 0.4) is 0 Å². The van der Waals surface area contributed by atoms with E-state index < -0.39 is 49.6 Å². The molecule has 2 N–H and O–H groups in total. The standard InChI is InChI=1S/C18H14ClF5N6O/c19-8-1-10-11(4-26-14(10)25-3-8)15-27-5-12(21)16(29-15)30-6-9(20)2-13(30)17(31)28-7-18(22,23)24/h1,3-5,9,13H,2,6-7H2,(H,25,26)(H,28,31)/t9-,13-/m0/s1. The van der Waals surface area contributed by atoms with Gasteiger partial charge in [0.15, 0.2) is 17.5 Å². The molecule has 0 bridgehead atoms. The number of aromatic amines is 1. The van der Waals surface area contributed by atoms with Crippen molar-refractivity contribution in [2.24, 2.45) is 0 Å². The predicted molar refractivity (Wildman–Crippen MR) is 102 cm³/mol. The van der Waals surface area contributed by atoms with Crippen LogP contribution in [0.2, 0.25) is 5.02 Å². The van der Waals surface area contributed by atoms with Crippen molar-refractivity contribution >= 4 is 34.4 Å². The van der Waals surface area contributed by atoms with Gasteiger partial charge in [-0.2, -0.15) is 13.2 Å². The molecule has 164 valence electrons. The number of rotatable bonds is 4. The first-order valence-electron chi connectivity index (χ1n) is 9.03. The quantitative estimate of drug-likeness (QED) is 0.583. The Balaban J connectivity index is 1.68. The first-order chi connectivity index (χ1) is 14.6. The van der Waals surface area contributed by atoms with E-state index in [0.717, 1.165) is 11.1 Å². The molecule has 3 aromatic heterocycles. The number of alkyl halides is 4. The normalized spacial score (nSPS) is 19.2.